The minimum Gasteiger partial charge on any atom is -0.460 e. The summed E-state index contributed by atoms with van der Waals surface area (Å²) in [5.74, 6) is -0.740. The molecule has 0 saturated heterocycles. The number of hydrogen-bond acceptors (Lipinski definition) is 3. The van der Waals surface area contributed by atoms with Crippen molar-refractivity contribution in [2.24, 2.45) is 11.3 Å². The quantitative estimate of drug-likeness (QED) is 0.615. The Morgan fingerprint density at radius 1 is 1.16 bits per heavy atom. The van der Waals surface area contributed by atoms with E-state index in [1.54, 1.807) is 6.92 Å². The lowest BCUT2D eigenvalue weighted by molar-refractivity contribution is -0.170. The SMILES string of the molecule is CC(C(=O)OC(C)(C)C)C1(O)CCCC(C)(C)CC1. The summed E-state index contributed by atoms with van der Waals surface area (Å²) in [5, 5.41) is 10.8. The maximum Gasteiger partial charge on any atom is 0.312 e. The molecule has 1 aliphatic carbocycles. The number of hydrogen-bond donors (Lipinski definition) is 1. The molecule has 3 nitrogen and oxygen atoms in total. The van der Waals surface area contributed by atoms with Gasteiger partial charge in [0, 0.05) is 0 Å². The summed E-state index contributed by atoms with van der Waals surface area (Å²) >= 11 is 0. The topological polar surface area (TPSA) is 46.5 Å². The molecule has 0 bridgehead atoms. The van der Waals surface area contributed by atoms with Gasteiger partial charge in [-0.15, -0.1) is 0 Å². The first-order valence-electron chi connectivity index (χ1n) is 7.40. The van der Waals surface area contributed by atoms with Gasteiger partial charge in [0.1, 0.15) is 5.60 Å². The fourth-order valence-corrected chi connectivity index (χ4v) is 2.72. The smallest absolute Gasteiger partial charge is 0.312 e. The Morgan fingerprint density at radius 2 is 1.74 bits per heavy atom. The molecule has 1 saturated carbocycles. The highest BCUT2D eigenvalue weighted by Gasteiger charge is 2.42. The molecule has 0 amide bonds. The number of carbonyl (C=O) groups excluding carboxylic acids is 1. The summed E-state index contributed by atoms with van der Waals surface area (Å²) in [7, 11) is 0. The zero-order valence-corrected chi connectivity index (χ0v) is 13.4. The van der Waals surface area contributed by atoms with Crippen molar-refractivity contribution >= 4 is 5.97 Å². The molecule has 1 fully saturated rings. The molecule has 1 N–H and O–H groups in total. The van der Waals surface area contributed by atoms with Gasteiger partial charge >= 0.3 is 5.97 Å². The average Bonchev–Trinajstić information content (AvgIpc) is 2.35. The normalized spacial score (nSPS) is 29.4. The Bertz CT molecular complexity index is 327. The Morgan fingerprint density at radius 3 is 2.26 bits per heavy atom. The van der Waals surface area contributed by atoms with E-state index in [-0.39, 0.29) is 11.4 Å². The van der Waals surface area contributed by atoms with Crippen LogP contribution < -0.4 is 0 Å². The Balaban J connectivity index is 2.74. The van der Waals surface area contributed by atoms with Gasteiger partial charge in [-0.2, -0.15) is 0 Å². The number of ether oxygens (including phenoxy) is 1. The summed E-state index contributed by atoms with van der Waals surface area (Å²) in [6.07, 6.45) is 4.40. The van der Waals surface area contributed by atoms with Crippen LogP contribution in [0.25, 0.3) is 0 Å². The van der Waals surface area contributed by atoms with E-state index >= 15 is 0 Å². The van der Waals surface area contributed by atoms with Crippen LogP contribution in [0.5, 0.6) is 0 Å². The first-order chi connectivity index (χ1) is 8.45. The van der Waals surface area contributed by atoms with Crippen molar-refractivity contribution < 1.29 is 14.6 Å². The molecule has 0 aromatic rings. The van der Waals surface area contributed by atoms with E-state index in [1.807, 2.05) is 20.8 Å². The Hall–Kier alpha value is -0.570. The molecule has 0 heterocycles. The molecule has 19 heavy (non-hydrogen) atoms. The molecular weight excluding hydrogens is 240 g/mol. The van der Waals surface area contributed by atoms with Crippen LogP contribution in [0.3, 0.4) is 0 Å². The summed E-state index contributed by atoms with van der Waals surface area (Å²) in [4.78, 5) is 12.2. The third kappa shape index (κ3) is 4.79. The third-order valence-corrected chi connectivity index (χ3v) is 4.26. The van der Waals surface area contributed by atoms with Gasteiger partial charge in [-0.1, -0.05) is 20.3 Å². The molecule has 1 aliphatic rings. The zero-order valence-electron chi connectivity index (χ0n) is 13.4. The van der Waals surface area contributed by atoms with E-state index in [0.29, 0.717) is 12.8 Å². The van der Waals surface area contributed by atoms with E-state index < -0.39 is 17.1 Å². The molecule has 3 heteroatoms. The van der Waals surface area contributed by atoms with Crippen molar-refractivity contribution in [2.45, 2.75) is 84.8 Å². The van der Waals surface area contributed by atoms with Gasteiger partial charge in [0.05, 0.1) is 11.5 Å². The van der Waals surface area contributed by atoms with Crippen molar-refractivity contribution in [3.63, 3.8) is 0 Å². The standard InChI is InChI=1S/C16H30O3/c1-12(13(17)19-14(2,3)4)16(18)9-7-8-15(5,6)10-11-16/h12,18H,7-11H2,1-6H3. The van der Waals surface area contributed by atoms with Gasteiger partial charge in [-0.25, -0.2) is 0 Å². The Labute approximate surface area is 117 Å². The van der Waals surface area contributed by atoms with E-state index in [9.17, 15) is 9.90 Å². The van der Waals surface area contributed by atoms with Crippen LogP contribution in [0.2, 0.25) is 0 Å². The molecular formula is C16H30O3. The van der Waals surface area contributed by atoms with E-state index in [0.717, 1.165) is 19.3 Å². The average molecular weight is 270 g/mol. The first-order valence-corrected chi connectivity index (χ1v) is 7.40. The Kier molecular flexibility index (Phi) is 4.71. The summed E-state index contributed by atoms with van der Waals surface area (Å²) in [6.45, 7) is 11.8. The second-order valence-corrected chi connectivity index (χ2v) is 7.88. The summed E-state index contributed by atoms with van der Waals surface area (Å²) < 4.78 is 5.41. The van der Waals surface area contributed by atoms with E-state index in [1.165, 1.54) is 0 Å². The van der Waals surface area contributed by atoms with Crippen LogP contribution in [-0.2, 0) is 9.53 Å². The highest BCUT2D eigenvalue weighted by molar-refractivity contribution is 5.73. The van der Waals surface area contributed by atoms with Gasteiger partial charge < -0.3 is 9.84 Å². The molecule has 0 aliphatic heterocycles. The van der Waals surface area contributed by atoms with Crippen molar-refractivity contribution in [3.8, 4) is 0 Å². The second kappa shape index (κ2) is 5.43. The molecule has 0 aromatic heterocycles. The van der Waals surface area contributed by atoms with Gasteiger partial charge in [-0.05, 0) is 58.8 Å². The van der Waals surface area contributed by atoms with Crippen LogP contribution >= 0.6 is 0 Å². The fourth-order valence-electron chi connectivity index (χ4n) is 2.72. The van der Waals surface area contributed by atoms with Crippen molar-refractivity contribution in [1.82, 2.24) is 0 Å². The lowest BCUT2D eigenvalue weighted by Gasteiger charge is -2.34. The fraction of sp³-hybridized carbons (Fsp3) is 0.938. The van der Waals surface area contributed by atoms with Gasteiger partial charge in [-0.3, -0.25) is 4.79 Å². The van der Waals surface area contributed by atoms with Crippen molar-refractivity contribution in [3.05, 3.63) is 0 Å². The van der Waals surface area contributed by atoms with Crippen molar-refractivity contribution in [2.75, 3.05) is 0 Å². The number of carbonyl (C=O) groups is 1. The van der Waals surface area contributed by atoms with Crippen molar-refractivity contribution in [1.29, 1.82) is 0 Å². The largest absolute Gasteiger partial charge is 0.460 e. The summed E-state index contributed by atoms with van der Waals surface area (Å²) in [5.41, 5.74) is -1.14. The predicted octanol–water partition coefficient (Wildman–Crippen LogP) is 3.69. The molecule has 2 atom stereocenters. The lowest BCUT2D eigenvalue weighted by Crippen LogP contribution is -2.43. The van der Waals surface area contributed by atoms with Gasteiger partial charge in [0.25, 0.3) is 0 Å². The molecule has 1 rings (SSSR count). The third-order valence-electron chi connectivity index (χ3n) is 4.26. The number of rotatable bonds is 2. The van der Waals surface area contributed by atoms with Gasteiger partial charge in [0.15, 0.2) is 0 Å². The molecule has 0 spiro atoms. The molecule has 0 aromatic carbocycles. The number of aliphatic hydroxyl groups is 1. The highest BCUT2D eigenvalue weighted by atomic mass is 16.6. The van der Waals surface area contributed by atoms with Crippen LogP contribution in [0.1, 0.15) is 73.6 Å². The second-order valence-electron chi connectivity index (χ2n) is 7.88. The predicted molar refractivity (Wildman–Crippen MR) is 76.8 cm³/mol. The minimum atomic E-state index is -0.907. The summed E-state index contributed by atoms with van der Waals surface area (Å²) in [6, 6.07) is 0. The zero-order chi connectivity index (χ0) is 14.9. The van der Waals surface area contributed by atoms with Crippen LogP contribution in [0.4, 0.5) is 0 Å². The van der Waals surface area contributed by atoms with E-state index in [4.69, 9.17) is 4.74 Å². The maximum atomic E-state index is 12.2. The van der Waals surface area contributed by atoms with E-state index in [2.05, 4.69) is 13.8 Å². The first kappa shape index (κ1) is 16.5. The van der Waals surface area contributed by atoms with Crippen LogP contribution in [-0.4, -0.2) is 22.3 Å². The van der Waals surface area contributed by atoms with Gasteiger partial charge in [0.2, 0.25) is 0 Å². The minimum absolute atomic E-state index is 0.262. The molecule has 0 radical (unpaired) electrons. The lowest BCUT2D eigenvalue weighted by atomic mass is 9.80. The van der Waals surface area contributed by atoms with Crippen LogP contribution in [0, 0.1) is 11.3 Å². The van der Waals surface area contributed by atoms with Crippen LogP contribution in [0.15, 0.2) is 0 Å². The molecule has 2 unspecified atom stereocenters. The monoisotopic (exact) mass is 270 g/mol. The molecule has 112 valence electrons. The maximum absolute atomic E-state index is 12.2. The highest BCUT2D eigenvalue weighted by Crippen LogP contribution is 2.41. The number of esters is 1.